The summed E-state index contributed by atoms with van der Waals surface area (Å²) in [5.41, 5.74) is 2.22. The molecule has 9 heteroatoms. The largest absolute Gasteiger partial charge is 0.345 e. The SMILES string of the molecule is Cn1cc2c(c1C(=O)Nc1cc(F)c(F)c(F)c1)CCC(CCCc1ccccc1)NS2=N. The Kier molecular flexibility index (Phi) is 6.99. The van der Waals surface area contributed by atoms with Gasteiger partial charge in [-0.05, 0) is 54.1 Å². The molecule has 1 aliphatic heterocycles. The van der Waals surface area contributed by atoms with Crippen molar-refractivity contribution in [2.45, 2.75) is 43.0 Å². The Hall–Kier alpha value is -2.91. The molecule has 2 unspecified atom stereocenters. The Morgan fingerprint density at radius 2 is 1.91 bits per heavy atom. The molecule has 4 rings (SSSR count). The highest BCUT2D eigenvalue weighted by Gasteiger charge is 2.27. The molecule has 0 spiro atoms. The number of rotatable bonds is 6. The number of aryl methyl sites for hydroxylation is 2. The molecule has 0 bridgehead atoms. The van der Waals surface area contributed by atoms with Gasteiger partial charge in [0.1, 0.15) is 5.69 Å². The fraction of sp³-hybridized carbons (Fsp3) is 0.292. The maximum atomic E-state index is 13.5. The van der Waals surface area contributed by atoms with Gasteiger partial charge in [-0.1, -0.05) is 30.3 Å². The standard InChI is InChI=1S/C24H25F3N4OS/c1-31-14-21-18(23(31)24(32)29-17-12-19(25)22(27)20(26)13-17)11-10-16(30-33(21)28)9-5-8-15-6-3-2-4-7-15/h2-4,6-7,12-14,16H,5,8-11H2,1H3,(H2,28,30)(H,29,32). The first-order valence-electron chi connectivity index (χ1n) is 10.7. The van der Waals surface area contributed by atoms with Crippen molar-refractivity contribution in [2.75, 3.05) is 5.32 Å². The molecule has 5 nitrogen and oxygen atoms in total. The van der Waals surface area contributed by atoms with Gasteiger partial charge in [-0.2, -0.15) is 0 Å². The highest BCUT2D eigenvalue weighted by molar-refractivity contribution is 7.84. The van der Waals surface area contributed by atoms with E-state index in [1.807, 2.05) is 18.2 Å². The van der Waals surface area contributed by atoms with Crippen molar-refractivity contribution in [3.63, 3.8) is 0 Å². The Labute approximate surface area is 193 Å². The zero-order valence-corrected chi connectivity index (χ0v) is 18.9. The maximum Gasteiger partial charge on any atom is 0.272 e. The van der Waals surface area contributed by atoms with E-state index in [0.29, 0.717) is 12.1 Å². The molecule has 2 aromatic carbocycles. The minimum Gasteiger partial charge on any atom is -0.345 e. The van der Waals surface area contributed by atoms with Crippen molar-refractivity contribution in [3.05, 3.63) is 82.9 Å². The number of benzene rings is 2. The summed E-state index contributed by atoms with van der Waals surface area (Å²) < 4.78 is 53.9. The molecule has 0 saturated heterocycles. The van der Waals surface area contributed by atoms with Crippen LogP contribution in [0.2, 0.25) is 0 Å². The van der Waals surface area contributed by atoms with Crippen molar-refractivity contribution in [1.29, 1.82) is 4.78 Å². The molecule has 0 fully saturated rings. The number of hydrogen-bond acceptors (Lipinski definition) is 2. The summed E-state index contributed by atoms with van der Waals surface area (Å²) in [7, 11) is 0.704. The second-order valence-corrected chi connectivity index (χ2v) is 9.46. The quantitative estimate of drug-likeness (QED) is 0.426. The number of nitrogens with zero attached hydrogens (tertiary/aromatic N) is 1. The fourth-order valence-electron chi connectivity index (χ4n) is 4.19. The number of carbonyl (C=O) groups is 1. The zero-order chi connectivity index (χ0) is 23.5. The summed E-state index contributed by atoms with van der Waals surface area (Å²) in [5, 5.41) is 2.46. The number of carbonyl (C=O) groups excluding carboxylic acids is 1. The highest BCUT2D eigenvalue weighted by atomic mass is 32.2. The Morgan fingerprint density at radius 3 is 2.61 bits per heavy atom. The molecule has 0 radical (unpaired) electrons. The van der Waals surface area contributed by atoms with Gasteiger partial charge in [0.15, 0.2) is 17.5 Å². The second-order valence-electron chi connectivity index (χ2n) is 8.18. The van der Waals surface area contributed by atoms with Gasteiger partial charge in [-0.25, -0.2) is 17.9 Å². The van der Waals surface area contributed by atoms with Gasteiger partial charge in [0.25, 0.3) is 5.91 Å². The topological polar surface area (TPSA) is 69.9 Å². The molecule has 33 heavy (non-hydrogen) atoms. The summed E-state index contributed by atoms with van der Waals surface area (Å²) in [4.78, 5) is 13.7. The van der Waals surface area contributed by atoms with Gasteiger partial charge in [0.05, 0.1) is 4.90 Å². The number of amides is 1. The third kappa shape index (κ3) is 5.20. The van der Waals surface area contributed by atoms with E-state index in [2.05, 4.69) is 22.2 Å². The number of halogens is 3. The van der Waals surface area contributed by atoms with E-state index in [1.54, 1.807) is 17.8 Å². The molecule has 3 aromatic rings. The van der Waals surface area contributed by atoms with Crippen LogP contribution in [0.25, 0.3) is 0 Å². The molecular weight excluding hydrogens is 449 g/mol. The van der Waals surface area contributed by atoms with Crippen LogP contribution in [-0.4, -0.2) is 16.5 Å². The van der Waals surface area contributed by atoms with E-state index in [4.69, 9.17) is 4.78 Å². The molecule has 3 N–H and O–H groups in total. The number of nitrogens with one attached hydrogen (secondary N) is 3. The van der Waals surface area contributed by atoms with Gasteiger partial charge >= 0.3 is 0 Å². The highest BCUT2D eigenvalue weighted by Crippen LogP contribution is 2.28. The van der Waals surface area contributed by atoms with Crippen molar-refractivity contribution < 1.29 is 18.0 Å². The van der Waals surface area contributed by atoms with Crippen LogP contribution >= 0.6 is 0 Å². The van der Waals surface area contributed by atoms with Crippen molar-refractivity contribution in [3.8, 4) is 0 Å². The number of aromatic nitrogens is 1. The lowest BCUT2D eigenvalue weighted by Crippen LogP contribution is -2.29. The van der Waals surface area contributed by atoms with Crippen molar-refractivity contribution >= 4 is 22.5 Å². The minimum absolute atomic E-state index is 0.156. The Morgan fingerprint density at radius 1 is 1.21 bits per heavy atom. The lowest BCUT2D eigenvalue weighted by Gasteiger charge is -2.16. The molecular formula is C24H25F3N4OS. The fourth-order valence-corrected chi connectivity index (χ4v) is 5.59. The molecule has 2 atom stereocenters. The Balaban J connectivity index is 1.46. The molecule has 0 aliphatic carbocycles. The predicted molar refractivity (Wildman–Crippen MR) is 123 cm³/mol. The zero-order valence-electron chi connectivity index (χ0n) is 18.1. The van der Waals surface area contributed by atoms with Crippen molar-refractivity contribution in [2.24, 2.45) is 7.05 Å². The van der Waals surface area contributed by atoms with Crippen LogP contribution in [0.4, 0.5) is 18.9 Å². The first kappa shape index (κ1) is 23.3. The van der Waals surface area contributed by atoms with Crippen LogP contribution in [0.15, 0.2) is 53.6 Å². The summed E-state index contributed by atoms with van der Waals surface area (Å²) >= 11 is 0. The third-order valence-corrected chi connectivity index (χ3v) is 7.17. The normalized spacial score (nSPS) is 17.9. The van der Waals surface area contributed by atoms with Crippen LogP contribution in [0.3, 0.4) is 0 Å². The van der Waals surface area contributed by atoms with Crippen LogP contribution in [0.1, 0.15) is 40.9 Å². The van der Waals surface area contributed by atoms with E-state index in [9.17, 15) is 18.0 Å². The average Bonchev–Trinajstić information content (AvgIpc) is 3.04. The lowest BCUT2D eigenvalue weighted by molar-refractivity contribution is 0.101. The number of fused-ring (bicyclic) bond motifs is 1. The van der Waals surface area contributed by atoms with Gasteiger partial charge in [-0.3, -0.25) is 9.57 Å². The third-order valence-electron chi connectivity index (χ3n) is 5.81. The van der Waals surface area contributed by atoms with E-state index in [0.717, 1.165) is 48.3 Å². The smallest absolute Gasteiger partial charge is 0.272 e. The van der Waals surface area contributed by atoms with E-state index >= 15 is 0 Å². The monoisotopic (exact) mass is 474 g/mol. The van der Waals surface area contributed by atoms with Gasteiger partial charge < -0.3 is 9.88 Å². The molecule has 1 amide bonds. The molecule has 0 saturated carbocycles. The Bertz CT molecular complexity index is 1170. The number of anilines is 1. The molecule has 1 aliphatic rings. The summed E-state index contributed by atoms with van der Waals surface area (Å²) in [6.07, 6.45) is 6.02. The van der Waals surface area contributed by atoms with Crippen LogP contribution in [0.5, 0.6) is 0 Å². The van der Waals surface area contributed by atoms with Crippen LogP contribution in [0, 0.1) is 22.2 Å². The molecule has 1 aromatic heterocycles. The lowest BCUT2D eigenvalue weighted by atomic mass is 9.99. The van der Waals surface area contributed by atoms with Crippen molar-refractivity contribution in [1.82, 2.24) is 9.29 Å². The van der Waals surface area contributed by atoms with Crippen LogP contribution in [-0.2, 0) is 30.8 Å². The van der Waals surface area contributed by atoms with Gasteiger partial charge in [-0.15, -0.1) is 0 Å². The summed E-state index contributed by atoms with van der Waals surface area (Å²) in [6, 6.07) is 11.9. The second kappa shape index (κ2) is 9.93. The van der Waals surface area contributed by atoms with E-state index in [-0.39, 0.29) is 11.7 Å². The molecule has 174 valence electrons. The van der Waals surface area contributed by atoms with E-state index < -0.39 is 34.2 Å². The first-order chi connectivity index (χ1) is 15.8. The summed E-state index contributed by atoms with van der Waals surface area (Å²) in [6.45, 7) is 0. The minimum atomic E-state index is -1.58. The van der Waals surface area contributed by atoms with E-state index in [1.165, 1.54) is 5.56 Å². The van der Waals surface area contributed by atoms with Gasteiger partial charge in [0, 0.05) is 37.1 Å². The number of hydrogen-bond donors (Lipinski definition) is 3. The average molecular weight is 475 g/mol. The van der Waals surface area contributed by atoms with Crippen LogP contribution < -0.4 is 10.0 Å². The van der Waals surface area contributed by atoms with Gasteiger partial charge in [0.2, 0.25) is 0 Å². The maximum absolute atomic E-state index is 13.5. The summed E-state index contributed by atoms with van der Waals surface area (Å²) in [5.74, 6) is -4.87. The predicted octanol–water partition coefficient (Wildman–Crippen LogP) is 5.28. The molecule has 2 heterocycles. The first-order valence-corrected chi connectivity index (χ1v) is 12.0.